The number of carbonyl (C=O) groups is 2. The molecule has 29 heavy (non-hydrogen) atoms. The summed E-state index contributed by atoms with van der Waals surface area (Å²) in [7, 11) is 1.90. The summed E-state index contributed by atoms with van der Waals surface area (Å²) in [6.07, 6.45) is 3.34. The minimum Gasteiger partial charge on any atom is -0.434 e. The van der Waals surface area contributed by atoms with Crippen LogP contribution in [0.15, 0.2) is 24.3 Å². The van der Waals surface area contributed by atoms with Gasteiger partial charge >= 0.3 is 6.61 Å². The number of hydrogen-bond donors (Lipinski definition) is 1. The Kier molecular flexibility index (Phi) is 8.64. The summed E-state index contributed by atoms with van der Waals surface area (Å²) in [5, 5.41) is 3.16. The zero-order chi connectivity index (χ0) is 20.1. The molecule has 0 saturated carbocycles. The number of alkyl halides is 2. The van der Waals surface area contributed by atoms with Crippen molar-refractivity contribution in [3.63, 3.8) is 0 Å². The molecule has 6 nitrogen and oxygen atoms in total. The maximum Gasteiger partial charge on any atom is 0.387 e. The predicted octanol–water partition coefficient (Wildman–Crippen LogP) is 2.77. The van der Waals surface area contributed by atoms with Crippen molar-refractivity contribution in [2.45, 2.75) is 38.3 Å². The number of halogens is 3. The molecule has 2 saturated heterocycles. The van der Waals surface area contributed by atoms with Gasteiger partial charge in [-0.1, -0.05) is 12.1 Å². The van der Waals surface area contributed by atoms with E-state index in [1.54, 1.807) is 6.07 Å². The molecule has 2 amide bonds. The Morgan fingerprint density at radius 2 is 1.93 bits per heavy atom. The number of ether oxygens (including phenoxy) is 1. The van der Waals surface area contributed by atoms with Crippen LogP contribution in [-0.4, -0.2) is 67.5 Å². The Balaban J connectivity index is 0.00000300. The van der Waals surface area contributed by atoms with E-state index < -0.39 is 18.6 Å². The maximum atomic E-state index is 13.1. The highest BCUT2D eigenvalue weighted by atomic mass is 35.5. The third-order valence-electron chi connectivity index (χ3n) is 5.46. The van der Waals surface area contributed by atoms with Crippen molar-refractivity contribution in [1.82, 2.24) is 15.1 Å². The second-order valence-electron chi connectivity index (χ2n) is 7.38. The summed E-state index contributed by atoms with van der Waals surface area (Å²) in [4.78, 5) is 29.5. The van der Waals surface area contributed by atoms with Crippen LogP contribution in [0.1, 0.15) is 36.0 Å². The Labute approximate surface area is 176 Å². The molecule has 0 spiro atoms. The minimum absolute atomic E-state index is 0. The lowest BCUT2D eigenvalue weighted by atomic mass is 9.97. The van der Waals surface area contributed by atoms with Gasteiger partial charge in [0.25, 0.3) is 5.91 Å². The summed E-state index contributed by atoms with van der Waals surface area (Å²) < 4.78 is 29.8. The highest BCUT2D eigenvalue weighted by molar-refractivity contribution is 6.00. The fraction of sp³-hybridized carbons (Fsp3) is 0.600. The molecule has 0 aromatic heterocycles. The van der Waals surface area contributed by atoms with Crippen LogP contribution in [0.25, 0.3) is 0 Å². The van der Waals surface area contributed by atoms with Crippen LogP contribution in [0.5, 0.6) is 5.75 Å². The SMILES string of the molecule is CNCC1CCCN(C(=O)C2CCCN2C(=O)c2ccccc2OC(F)F)C1.Cl. The molecule has 2 atom stereocenters. The molecule has 3 rings (SSSR count). The number of nitrogens with one attached hydrogen (secondary N) is 1. The quantitative estimate of drug-likeness (QED) is 0.752. The zero-order valence-corrected chi connectivity index (χ0v) is 17.3. The standard InChI is InChI=1S/C20H27F2N3O3.ClH/c1-23-12-14-6-4-10-24(13-14)19(27)16-8-5-11-25(16)18(26)15-7-2-3-9-17(15)28-20(21)22;/h2-3,7,9,14,16,20,23H,4-6,8,10-13H2,1H3;1H. The summed E-state index contributed by atoms with van der Waals surface area (Å²) in [5.74, 6) is -0.226. The lowest BCUT2D eigenvalue weighted by Crippen LogP contribution is -2.51. The van der Waals surface area contributed by atoms with E-state index in [1.807, 2.05) is 11.9 Å². The fourth-order valence-corrected chi connectivity index (χ4v) is 4.19. The molecule has 9 heteroatoms. The van der Waals surface area contributed by atoms with Gasteiger partial charge < -0.3 is 19.9 Å². The number of nitrogens with zero attached hydrogens (tertiary/aromatic N) is 2. The molecule has 162 valence electrons. The average molecular weight is 432 g/mol. The summed E-state index contributed by atoms with van der Waals surface area (Å²) >= 11 is 0. The van der Waals surface area contributed by atoms with Crippen molar-refractivity contribution in [3.05, 3.63) is 29.8 Å². The van der Waals surface area contributed by atoms with Gasteiger partial charge in [0.15, 0.2) is 0 Å². The normalized spacial score (nSPS) is 21.8. The van der Waals surface area contributed by atoms with E-state index >= 15 is 0 Å². The lowest BCUT2D eigenvalue weighted by Gasteiger charge is -2.36. The molecular formula is C20H28ClF2N3O3. The van der Waals surface area contributed by atoms with Crippen LogP contribution < -0.4 is 10.1 Å². The Morgan fingerprint density at radius 1 is 1.21 bits per heavy atom. The second kappa shape index (κ2) is 10.7. The first-order valence-corrected chi connectivity index (χ1v) is 9.79. The van der Waals surface area contributed by atoms with E-state index in [0.29, 0.717) is 38.4 Å². The zero-order valence-electron chi connectivity index (χ0n) is 16.5. The van der Waals surface area contributed by atoms with Crippen LogP contribution in [-0.2, 0) is 4.79 Å². The van der Waals surface area contributed by atoms with Crippen molar-refractivity contribution >= 4 is 24.2 Å². The highest BCUT2D eigenvalue weighted by Gasteiger charge is 2.38. The van der Waals surface area contributed by atoms with Crippen LogP contribution in [0.3, 0.4) is 0 Å². The van der Waals surface area contributed by atoms with Crippen molar-refractivity contribution in [1.29, 1.82) is 0 Å². The number of rotatable bonds is 6. The van der Waals surface area contributed by atoms with Gasteiger partial charge in [-0.2, -0.15) is 8.78 Å². The van der Waals surface area contributed by atoms with Gasteiger partial charge in [0.1, 0.15) is 11.8 Å². The van der Waals surface area contributed by atoms with E-state index in [0.717, 1.165) is 19.4 Å². The average Bonchev–Trinajstić information content (AvgIpc) is 3.17. The van der Waals surface area contributed by atoms with Gasteiger partial charge in [-0.15, -0.1) is 12.4 Å². The van der Waals surface area contributed by atoms with E-state index in [1.165, 1.54) is 23.1 Å². The number of hydrogen-bond acceptors (Lipinski definition) is 4. The summed E-state index contributed by atoms with van der Waals surface area (Å²) in [6.45, 7) is -0.338. The minimum atomic E-state index is -3.01. The number of carbonyl (C=O) groups excluding carboxylic acids is 2. The van der Waals surface area contributed by atoms with Gasteiger partial charge in [0, 0.05) is 19.6 Å². The summed E-state index contributed by atoms with van der Waals surface area (Å²) in [5.41, 5.74) is 0.0641. The predicted molar refractivity (Wildman–Crippen MR) is 108 cm³/mol. The molecule has 2 aliphatic rings. The molecule has 1 aromatic carbocycles. The molecule has 0 radical (unpaired) electrons. The van der Waals surface area contributed by atoms with Crippen LogP contribution >= 0.6 is 12.4 Å². The van der Waals surface area contributed by atoms with E-state index in [9.17, 15) is 18.4 Å². The van der Waals surface area contributed by atoms with Crippen LogP contribution in [0.2, 0.25) is 0 Å². The number of benzene rings is 1. The highest BCUT2D eigenvalue weighted by Crippen LogP contribution is 2.28. The Bertz CT molecular complexity index is 705. The summed E-state index contributed by atoms with van der Waals surface area (Å²) in [6, 6.07) is 5.41. The largest absolute Gasteiger partial charge is 0.434 e. The third kappa shape index (κ3) is 5.57. The first-order chi connectivity index (χ1) is 13.5. The van der Waals surface area contributed by atoms with Gasteiger partial charge in [-0.3, -0.25) is 9.59 Å². The first-order valence-electron chi connectivity index (χ1n) is 9.79. The number of likely N-dealkylation sites (tertiary alicyclic amines) is 2. The monoisotopic (exact) mass is 431 g/mol. The Hall–Kier alpha value is -1.93. The first kappa shape index (κ1) is 23.3. The van der Waals surface area contributed by atoms with E-state index in [-0.39, 0.29) is 29.6 Å². The maximum absolute atomic E-state index is 13.1. The molecule has 2 aliphatic heterocycles. The van der Waals surface area contributed by atoms with E-state index in [4.69, 9.17) is 0 Å². The van der Waals surface area contributed by atoms with Crippen molar-refractivity contribution in [3.8, 4) is 5.75 Å². The van der Waals surface area contributed by atoms with Crippen molar-refractivity contribution in [2.75, 3.05) is 33.2 Å². The lowest BCUT2D eigenvalue weighted by molar-refractivity contribution is -0.137. The Morgan fingerprint density at radius 3 is 2.66 bits per heavy atom. The van der Waals surface area contributed by atoms with Crippen molar-refractivity contribution < 1.29 is 23.1 Å². The number of piperidine rings is 1. The van der Waals surface area contributed by atoms with Crippen molar-refractivity contribution in [2.24, 2.45) is 5.92 Å². The molecule has 0 aliphatic carbocycles. The van der Waals surface area contributed by atoms with Crippen LogP contribution in [0.4, 0.5) is 8.78 Å². The smallest absolute Gasteiger partial charge is 0.387 e. The molecule has 1 aromatic rings. The fourth-order valence-electron chi connectivity index (χ4n) is 4.19. The molecule has 2 fully saturated rings. The topological polar surface area (TPSA) is 61.9 Å². The second-order valence-corrected chi connectivity index (χ2v) is 7.38. The third-order valence-corrected chi connectivity index (χ3v) is 5.46. The number of amides is 2. The van der Waals surface area contributed by atoms with Gasteiger partial charge in [-0.25, -0.2) is 0 Å². The number of para-hydroxylation sites is 1. The van der Waals surface area contributed by atoms with Gasteiger partial charge in [0.2, 0.25) is 5.91 Å². The van der Waals surface area contributed by atoms with Gasteiger partial charge in [-0.05, 0) is 57.3 Å². The van der Waals surface area contributed by atoms with Gasteiger partial charge in [0.05, 0.1) is 5.56 Å². The molecule has 0 bridgehead atoms. The van der Waals surface area contributed by atoms with E-state index in [2.05, 4.69) is 10.1 Å². The molecule has 2 unspecified atom stereocenters. The van der Waals surface area contributed by atoms with Crippen LogP contribution in [0, 0.1) is 5.92 Å². The molecular weight excluding hydrogens is 404 g/mol. The molecule has 1 N–H and O–H groups in total. The molecule has 2 heterocycles.